The van der Waals surface area contributed by atoms with Gasteiger partial charge in [0.25, 0.3) is 0 Å². The molecule has 0 aliphatic carbocycles. The predicted molar refractivity (Wildman–Crippen MR) is 86.9 cm³/mol. The van der Waals surface area contributed by atoms with Crippen molar-refractivity contribution in [3.8, 4) is 6.07 Å². The van der Waals surface area contributed by atoms with Gasteiger partial charge in [0.15, 0.2) is 0 Å². The fourth-order valence-corrected chi connectivity index (χ4v) is 2.27. The first-order chi connectivity index (χ1) is 10.9. The molecule has 0 aromatic heterocycles. The molecule has 0 aromatic carbocycles. The molecule has 0 radical (unpaired) electrons. The molecule has 0 saturated carbocycles. The summed E-state index contributed by atoms with van der Waals surface area (Å²) in [4.78, 5) is 25.1. The number of hydrogen-bond donors (Lipinski definition) is 2. The fraction of sp³-hybridized carbons (Fsp3) is 0.812. The van der Waals surface area contributed by atoms with E-state index in [4.69, 9.17) is 10.00 Å². The minimum atomic E-state index is -1.15. The smallest absolute Gasteiger partial charge is 0.407 e. The number of alkyl carbamates (subject to hydrolysis) is 1. The number of likely N-dealkylation sites (tertiary alicyclic amines) is 1. The first-order valence-corrected chi connectivity index (χ1v) is 7.98. The Morgan fingerprint density at radius 3 is 2.50 bits per heavy atom. The van der Waals surface area contributed by atoms with Gasteiger partial charge in [0.05, 0.1) is 19.2 Å². The molecule has 0 aromatic rings. The SMILES string of the molecule is CC(C)(CNC(=O)OC(C)(C)C)NCC(=O)N1C[C@@H](F)C[C@H]1C#N. The molecule has 136 valence electrons. The molecule has 1 saturated heterocycles. The van der Waals surface area contributed by atoms with Crippen LogP contribution >= 0.6 is 0 Å². The Bertz CT molecular complexity index is 510. The van der Waals surface area contributed by atoms with Gasteiger partial charge in [-0.3, -0.25) is 4.79 Å². The Labute approximate surface area is 142 Å². The molecule has 0 bridgehead atoms. The summed E-state index contributed by atoms with van der Waals surface area (Å²) in [6, 6.07) is 1.24. The summed E-state index contributed by atoms with van der Waals surface area (Å²) in [5.41, 5.74) is -1.15. The van der Waals surface area contributed by atoms with E-state index in [-0.39, 0.29) is 32.0 Å². The van der Waals surface area contributed by atoms with Crippen LogP contribution in [0.4, 0.5) is 9.18 Å². The molecular weight excluding hydrogens is 315 g/mol. The van der Waals surface area contributed by atoms with Gasteiger partial charge in [-0.05, 0) is 34.6 Å². The Morgan fingerprint density at radius 1 is 1.33 bits per heavy atom. The summed E-state index contributed by atoms with van der Waals surface area (Å²) in [6.07, 6.45) is -1.63. The maximum atomic E-state index is 13.4. The molecule has 1 fully saturated rings. The molecular formula is C16H27FN4O3. The number of carbonyl (C=O) groups excluding carboxylic acids is 2. The standard InChI is InChI=1S/C16H27FN4O3/c1-15(2,3)24-14(23)19-10-16(4,5)20-8-13(22)21-9-11(17)6-12(21)7-18/h11-12,20H,6,8-10H2,1-5H3,(H,19,23)/t11-,12-/m0/s1. The van der Waals surface area contributed by atoms with E-state index >= 15 is 0 Å². The van der Waals surface area contributed by atoms with Crippen LogP contribution in [0.25, 0.3) is 0 Å². The molecule has 2 N–H and O–H groups in total. The van der Waals surface area contributed by atoms with Crippen molar-refractivity contribution in [1.29, 1.82) is 5.26 Å². The summed E-state index contributed by atoms with van der Waals surface area (Å²) in [7, 11) is 0. The maximum absolute atomic E-state index is 13.4. The highest BCUT2D eigenvalue weighted by Crippen LogP contribution is 2.19. The van der Waals surface area contributed by atoms with Crippen LogP contribution in [0.5, 0.6) is 0 Å². The number of alkyl halides is 1. The van der Waals surface area contributed by atoms with E-state index < -0.39 is 29.4 Å². The molecule has 2 amide bonds. The van der Waals surface area contributed by atoms with Crippen molar-refractivity contribution in [2.45, 2.75) is 64.4 Å². The van der Waals surface area contributed by atoms with Gasteiger partial charge in [-0.1, -0.05) is 0 Å². The quantitative estimate of drug-likeness (QED) is 0.786. The number of amides is 2. The molecule has 0 spiro atoms. The molecule has 0 unspecified atom stereocenters. The summed E-state index contributed by atoms with van der Waals surface area (Å²) >= 11 is 0. The lowest BCUT2D eigenvalue weighted by molar-refractivity contribution is -0.130. The van der Waals surface area contributed by atoms with Gasteiger partial charge in [0.2, 0.25) is 5.91 Å². The van der Waals surface area contributed by atoms with Crippen LogP contribution in [-0.2, 0) is 9.53 Å². The van der Waals surface area contributed by atoms with E-state index in [2.05, 4.69) is 10.6 Å². The van der Waals surface area contributed by atoms with Crippen LogP contribution in [0.1, 0.15) is 41.0 Å². The van der Waals surface area contributed by atoms with Crippen LogP contribution < -0.4 is 10.6 Å². The second-order valence-corrected chi connectivity index (χ2v) is 7.62. The Hall–Kier alpha value is -1.88. The number of nitrogens with one attached hydrogen (secondary N) is 2. The molecule has 1 aliphatic rings. The second-order valence-electron chi connectivity index (χ2n) is 7.62. The fourth-order valence-electron chi connectivity index (χ4n) is 2.27. The third-order valence-electron chi connectivity index (χ3n) is 3.51. The van der Waals surface area contributed by atoms with Gasteiger partial charge in [0.1, 0.15) is 17.8 Å². The van der Waals surface area contributed by atoms with Crippen molar-refractivity contribution < 1.29 is 18.7 Å². The number of hydrogen-bond acceptors (Lipinski definition) is 5. The molecule has 8 heteroatoms. The molecule has 7 nitrogen and oxygen atoms in total. The average Bonchev–Trinajstić information content (AvgIpc) is 2.82. The number of rotatable bonds is 5. The zero-order chi connectivity index (χ0) is 18.5. The number of carbonyl (C=O) groups is 2. The van der Waals surface area contributed by atoms with Gasteiger partial charge in [-0.25, -0.2) is 9.18 Å². The highest BCUT2D eigenvalue weighted by atomic mass is 19.1. The van der Waals surface area contributed by atoms with E-state index in [1.165, 1.54) is 4.90 Å². The second kappa shape index (κ2) is 7.79. The minimum Gasteiger partial charge on any atom is -0.444 e. The van der Waals surface area contributed by atoms with E-state index in [1.807, 2.05) is 19.9 Å². The molecule has 1 rings (SSSR count). The Kier molecular flexibility index (Phi) is 6.55. The number of nitrogens with zero attached hydrogens (tertiary/aromatic N) is 2. The highest BCUT2D eigenvalue weighted by molar-refractivity contribution is 5.79. The average molecular weight is 342 g/mol. The van der Waals surface area contributed by atoms with Crippen molar-refractivity contribution in [2.24, 2.45) is 0 Å². The van der Waals surface area contributed by atoms with Crippen molar-refractivity contribution >= 4 is 12.0 Å². The van der Waals surface area contributed by atoms with Crippen molar-refractivity contribution in [2.75, 3.05) is 19.6 Å². The lowest BCUT2D eigenvalue weighted by atomic mass is 10.1. The van der Waals surface area contributed by atoms with Gasteiger partial charge in [-0.15, -0.1) is 0 Å². The number of ether oxygens (including phenoxy) is 1. The zero-order valence-electron chi connectivity index (χ0n) is 15.0. The number of nitriles is 1. The number of halogens is 1. The molecule has 1 heterocycles. The minimum absolute atomic E-state index is 0.0338. The Morgan fingerprint density at radius 2 is 1.96 bits per heavy atom. The lowest BCUT2D eigenvalue weighted by Gasteiger charge is -2.29. The topological polar surface area (TPSA) is 94.5 Å². The van der Waals surface area contributed by atoms with E-state index in [0.29, 0.717) is 0 Å². The van der Waals surface area contributed by atoms with Gasteiger partial charge >= 0.3 is 6.09 Å². The summed E-state index contributed by atoms with van der Waals surface area (Å²) in [5, 5.41) is 14.6. The summed E-state index contributed by atoms with van der Waals surface area (Å²) in [5.74, 6) is -0.327. The molecule has 24 heavy (non-hydrogen) atoms. The van der Waals surface area contributed by atoms with Crippen LogP contribution in [-0.4, -0.2) is 59.9 Å². The third-order valence-corrected chi connectivity index (χ3v) is 3.51. The van der Waals surface area contributed by atoms with Crippen LogP contribution in [0.2, 0.25) is 0 Å². The van der Waals surface area contributed by atoms with Crippen LogP contribution in [0, 0.1) is 11.3 Å². The van der Waals surface area contributed by atoms with Crippen molar-refractivity contribution in [3.05, 3.63) is 0 Å². The normalized spacial score (nSPS) is 21.3. The third kappa shape index (κ3) is 6.71. The summed E-state index contributed by atoms with van der Waals surface area (Å²) in [6.45, 7) is 9.13. The monoisotopic (exact) mass is 342 g/mol. The maximum Gasteiger partial charge on any atom is 0.407 e. The van der Waals surface area contributed by atoms with Crippen LogP contribution in [0.15, 0.2) is 0 Å². The van der Waals surface area contributed by atoms with Crippen molar-refractivity contribution in [3.63, 3.8) is 0 Å². The lowest BCUT2D eigenvalue weighted by Crippen LogP contribution is -2.53. The highest BCUT2D eigenvalue weighted by Gasteiger charge is 2.35. The van der Waals surface area contributed by atoms with Gasteiger partial charge in [0, 0.05) is 18.5 Å². The summed E-state index contributed by atoms with van der Waals surface area (Å²) < 4.78 is 18.5. The zero-order valence-corrected chi connectivity index (χ0v) is 15.0. The van der Waals surface area contributed by atoms with Gasteiger partial charge < -0.3 is 20.3 Å². The van der Waals surface area contributed by atoms with E-state index in [0.717, 1.165) is 0 Å². The van der Waals surface area contributed by atoms with E-state index in [1.54, 1.807) is 20.8 Å². The largest absolute Gasteiger partial charge is 0.444 e. The van der Waals surface area contributed by atoms with Gasteiger partial charge in [-0.2, -0.15) is 5.26 Å². The first-order valence-electron chi connectivity index (χ1n) is 7.98. The first kappa shape index (κ1) is 20.2. The predicted octanol–water partition coefficient (Wildman–Crippen LogP) is 1.34. The molecule has 1 aliphatic heterocycles. The molecule has 2 atom stereocenters. The Balaban J connectivity index is 2.43. The van der Waals surface area contributed by atoms with Crippen molar-refractivity contribution in [1.82, 2.24) is 15.5 Å². The van der Waals surface area contributed by atoms with Crippen LogP contribution in [0.3, 0.4) is 0 Å². The van der Waals surface area contributed by atoms with E-state index in [9.17, 15) is 14.0 Å².